The molecule has 0 aliphatic carbocycles. The van der Waals surface area contributed by atoms with E-state index in [4.69, 9.17) is 4.74 Å². The number of nitrogens with zero attached hydrogens (tertiary/aromatic N) is 3. The van der Waals surface area contributed by atoms with Crippen molar-refractivity contribution in [2.45, 2.75) is 39.4 Å². The Morgan fingerprint density at radius 3 is 2.53 bits per heavy atom. The maximum atomic E-state index is 12.0. The van der Waals surface area contributed by atoms with Gasteiger partial charge in [-0.25, -0.2) is 0 Å². The lowest BCUT2D eigenvalue weighted by Crippen LogP contribution is -2.38. The van der Waals surface area contributed by atoms with Gasteiger partial charge in [0.05, 0.1) is 6.61 Å². The fourth-order valence-corrected chi connectivity index (χ4v) is 3.73. The summed E-state index contributed by atoms with van der Waals surface area (Å²) in [5.74, 6) is 1.97. The van der Waals surface area contributed by atoms with Crippen molar-refractivity contribution in [3.8, 4) is 5.75 Å². The number of carbonyl (C=O) groups is 1. The number of nitrogens with one attached hydrogen (secondary N) is 1. The van der Waals surface area contributed by atoms with Crippen LogP contribution in [0.2, 0.25) is 0 Å². The van der Waals surface area contributed by atoms with E-state index in [1.807, 2.05) is 43.1 Å². The highest BCUT2D eigenvalue weighted by Crippen LogP contribution is 2.17. The van der Waals surface area contributed by atoms with E-state index in [0.717, 1.165) is 31.2 Å². The molecule has 1 aliphatic rings. The van der Waals surface area contributed by atoms with Crippen molar-refractivity contribution < 1.29 is 9.53 Å². The van der Waals surface area contributed by atoms with Crippen LogP contribution in [0, 0.1) is 0 Å². The van der Waals surface area contributed by atoms with Gasteiger partial charge in [-0.15, -0.1) is 0 Å². The number of carbonyl (C=O) groups excluding carboxylic acids is 1. The van der Waals surface area contributed by atoms with Gasteiger partial charge in [0.2, 0.25) is 5.91 Å². The van der Waals surface area contributed by atoms with E-state index in [1.165, 1.54) is 16.7 Å². The normalized spacial score (nSPS) is 14.2. The molecule has 0 bridgehead atoms. The highest BCUT2D eigenvalue weighted by Gasteiger charge is 2.21. The smallest absolute Gasteiger partial charge is 0.222 e. The fraction of sp³-hybridized carbons (Fsp3) is 0.417. The number of benzene rings is 2. The molecule has 2 aromatic rings. The molecule has 0 aromatic heterocycles. The van der Waals surface area contributed by atoms with Crippen molar-refractivity contribution in [2.75, 3.05) is 27.2 Å². The lowest BCUT2D eigenvalue weighted by atomic mass is 10.1. The maximum Gasteiger partial charge on any atom is 0.222 e. The molecule has 1 heterocycles. The van der Waals surface area contributed by atoms with Crippen LogP contribution >= 0.6 is 0 Å². The predicted molar refractivity (Wildman–Crippen MR) is 120 cm³/mol. The van der Waals surface area contributed by atoms with Gasteiger partial charge < -0.3 is 19.9 Å². The summed E-state index contributed by atoms with van der Waals surface area (Å²) >= 11 is 0. The van der Waals surface area contributed by atoms with Crippen LogP contribution in [0.1, 0.15) is 36.5 Å². The third-order valence-corrected chi connectivity index (χ3v) is 5.32. The summed E-state index contributed by atoms with van der Waals surface area (Å²) in [6.07, 6.45) is 1.63. The van der Waals surface area contributed by atoms with Gasteiger partial charge in [-0.05, 0) is 42.2 Å². The van der Waals surface area contributed by atoms with E-state index in [9.17, 15) is 4.79 Å². The molecule has 0 spiro atoms. The van der Waals surface area contributed by atoms with E-state index in [-0.39, 0.29) is 5.91 Å². The second-order valence-electron chi connectivity index (χ2n) is 7.52. The van der Waals surface area contributed by atoms with Crippen LogP contribution in [0.15, 0.2) is 53.5 Å². The zero-order valence-corrected chi connectivity index (χ0v) is 18.2. The lowest BCUT2D eigenvalue weighted by molar-refractivity contribution is -0.128. The van der Waals surface area contributed by atoms with Crippen LogP contribution in [0.25, 0.3) is 0 Å². The van der Waals surface area contributed by atoms with Crippen molar-refractivity contribution >= 4 is 11.9 Å². The minimum atomic E-state index is 0.253. The van der Waals surface area contributed by atoms with Gasteiger partial charge >= 0.3 is 0 Å². The summed E-state index contributed by atoms with van der Waals surface area (Å²) in [7, 11) is 3.83. The molecule has 1 fully saturated rings. The first-order chi connectivity index (χ1) is 14.6. The largest absolute Gasteiger partial charge is 0.494 e. The lowest BCUT2D eigenvalue weighted by Gasteiger charge is -2.23. The molecule has 1 N–H and O–H groups in total. The molecule has 30 heavy (non-hydrogen) atoms. The Hall–Kier alpha value is -3.02. The second-order valence-corrected chi connectivity index (χ2v) is 7.52. The Balaban J connectivity index is 1.59. The summed E-state index contributed by atoms with van der Waals surface area (Å²) in [6.45, 7) is 5.60. The number of ether oxygens (including phenoxy) is 1. The van der Waals surface area contributed by atoms with Crippen LogP contribution in [0.5, 0.6) is 5.75 Å². The van der Waals surface area contributed by atoms with Gasteiger partial charge in [-0.2, -0.15) is 0 Å². The second kappa shape index (κ2) is 10.7. The maximum absolute atomic E-state index is 12.0. The van der Waals surface area contributed by atoms with Gasteiger partial charge in [0, 0.05) is 46.7 Å². The molecular formula is C24H32N4O2. The van der Waals surface area contributed by atoms with Crippen LogP contribution in [0.4, 0.5) is 0 Å². The minimum absolute atomic E-state index is 0.253. The van der Waals surface area contributed by atoms with E-state index >= 15 is 0 Å². The molecule has 3 rings (SSSR count). The number of aliphatic imine (C=N–C) groups is 1. The third kappa shape index (κ3) is 5.75. The van der Waals surface area contributed by atoms with Gasteiger partial charge in [0.25, 0.3) is 0 Å². The Bertz CT molecular complexity index is 864. The van der Waals surface area contributed by atoms with Crippen LogP contribution in [-0.4, -0.2) is 48.9 Å². The predicted octanol–water partition coefficient (Wildman–Crippen LogP) is 3.42. The Morgan fingerprint density at radius 1 is 1.17 bits per heavy atom. The first-order valence-corrected chi connectivity index (χ1v) is 10.6. The van der Waals surface area contributed by atoms with E-state index in [2.05, 4.69) is 39.5 Å². The monoisotopic (exact) mass is 408 g/mol. The van der Waals surface area contributed by atoms with E-state index in [0.29, 0.717) is 26.1 Å². The molecule has 1 amide bonds. The zero-order chi connectivity index (χ0) is 21.3. The molecule has 0 radical (unpaired) electrons. The topological polar surface area (TPSA) is 57.2 Å². The third-order valence-electron chi connectivity index (χ3n) is 5.32. The van der Waals surface area contributed by atoms with Crippen LogP contribution < -0.4 is 10.1 Å². The summed E-state index contributed by atoms with van der Waals surface area (Å²) in [6, 6.07) is 16.5. The summed E-state index contributed by atoms with van der Waals surface area (Å²) < 4.78 is 5.51. The number of hydrogen-bond acceptors (Lipinski definition) is 3. The highest BCUT2D eigenvalue weighted by molar-refractivity contribution is 5.79. The van der Waals surface area contributed by atoms with Crippen molar-refractivity contribution in [3.05, 3.63) is 65.2 Å². The number of guanidine groups is 1. The van der Waals surface area contributed by atoms with Crippen molar-refractivity contribution in [3.63, 3.8) is 0 Å². The van der Waals surface area contributed by atoms with E-state index < -0.39 is 0 Å². The van der Waals surface area contributed by atoms with Gasteiger partial charge in [0.1, 0.15) is 5.75 Å². The molecule has 0 atom stereocenters. The van der Waals surface area contributed by atoms with Crippen LogP contribution in [-0.2, 0) is 24.4 Å². The van der Waals surface area contributed by atoms with Crippen molar-refractivity contribution in [2.24, 2.45) is 4.99 Å². The van der Waals surface area contributed by atoms with Gasteiger partial charge in [-0.3, -0.25) is 9.79 Å². The summed E-state index contributed by atoms with van der Waals surface area (Å²) in [4.78, 5) is 20.5. The SMILES string of the molecule is CCOc1ccc(CN(C)C(=NC)NCc2ccccc2CN2CCCC2=O)cc1. The van der Waals surface area contributed by atoms with Crippen molar-refractivity contribution in [1.29, 1.82) is 0 Å². The first-order valence-electron chi connectivity index (χ1n) is 10.6. The summed E-state index contributed by atoms with van der Waals surface area (Å²) in [5.41, 5.74) is 3.56. The fourth-order valence-electron chi connectivity index (χ4n) is 3.73. The average Bonchev–Trinajstić information content (AvgIpc) is 3.15. The molecule has 2 aromatic carbocycles. The zero-order valence-electron chi connectivity index (χ0n) is 18.2. The van der Waals surface area contributed by atoms with Gasteiger partial charge in [-0.1, -0.05) is 36.4 Å². The summed E-state index contributed by atoms with van der Waals surface area (Å²) in [5, 5.41) is 3.46. The number of amides is 1. The molecule has 160 valence electrons. The van der Waals surface area contributed by atoms with Crippen molar-refractivity contribution in [1.82, 2.24) is 15.1 Å². The molecule has 1 aliphatic heterocycles. The molecule has 6 heteroatoms. The molecule has 6 nitrogen and oxygen atoms in total. The average molecular weight is 409 g/mol. The van der Waals surface area contributed by atoms with E-state index in [1.54, 1.807) is 7.05 Å². The molecule has 0 saturated carbocycles. The molecule has 0 unspecified atom stereocenters. The minimum Gasteiger partial charge on any atom is -0.494 e. The van der Waals surface area contributed by atoms with Crippen LogP contribution in [0.3, 0.4) is 0 Å². The highest BCUT2D eigenvalue weighted by atomic mass is 16.5. The molecule has 1 saturated heterocycles. The first kappa shape index (κ1) is 21.7. The number of rotatable bonds is 8. The Kier molecular flexibility index (Phi) is 7.71. The quantitative estimate of drug-likeness (QED) is 0.537. The molecular weight excluding hydrogens is 376 g/mol. The number of hydrogen-bond donors (Lipinski definition) is 1. The standard InChI is InChI=1S/C24H32N4O2/c1-4-30-22-13-11-19(12-14-22)17-27(3)24(25-2)26-16-20-8-5-6-9-21(20)18-28-15-7-10-23(28)29/h5-6,8-9,11-14H,4,7,10,15-18H2,1-3H3,(H,25,26). The Labute approximate surface area is 179 Å². The number of likely N-dealkylation sites (tertiary alicyclic amines) is 1. The Morgan fingerprint density at radius 2 is 1.90 bits per heavy atom. The van der Waals surface area contributed by atoms with Gasteiger partial charge in [0.15, 0.2) is 5.96 Å².